The Morgan fingerprint density at radius 1 is 1.33 bits per heavy atom. The maximum atomic E-state index is 6.09. The Morgan fingerprint density at radius 2 is 2.11 bits per heavy atom. The fourth-order valence-electron chi connectivity index (χ4n) is 1.29. The Kier molecular flexibility index (Phi) is 4.27. The first-order valence-electron chi connectivity index (χ1n) is 4.89. The van der Waals surface area contributed by atoms with Gasteiger partial charge in [-0.2, -0.15) is 4.98 Å². The summed E-state index contributed by atoms with van der Waals surface area (Å²) in [5.41, 5.74) is 0.673. The summed E-state index contributed by atoms with van der Waals surface area (Å²) in [5.74, 6) is 1.23. The van der Waals surface area contributed by atoms with E-state index in [1.807, 2.05) is 0 Å². The van der Waals surface area contributed by atoms with Crippen LogP contribution in [0.5, 0.6) is 5.75 Å². The van der Waals surface area contributed by atoms with Crippen molar-refractivity contribution in [3.05, 3.63) is 39.2 Å². The fourth-order valence-corrected chi connectivity index (χ4v) is 1.88. The van der Waals surface area contributed by atoms with Gasteiger partial charge in [-0.05, 0) is 39.7 Å². The molecule has 0 saturated carbocycles. The number of hydrogen-bond acceptors (Lipinski definition) is 4. The van der Waals surface area contributed by atoms with E-state index in [0.29, 0.717) is 26.8 Å². The fraction of sp³-hybridized carbons (Fsp3) is 0.0909. The summed E-state index contributed by atoms with van der Waals surface area (Å²) in [6, 6.07) is 5.28. The number of rotatable bonds is 3. The highest BCUT2D eigenvalue weighted by Crippen LogP contribution is 2.31. The monoisotopic (exact) mass is 347 g/mol. The lowest BCUT2D eigenvalue weighted by Gasteiger charge is -2.10. The number of benzene rings is 1. The van der Waals surface area contributed by atoms with Gasteiger partial charge in [0, 0.05) is 12.3 Å². The average Bonchev–Trinajstić information content (AvgIpc) is 2.36. The number of ether oxygens (including phenoxy) is 1. The second kappa shape index (κ2) is 5.73. The normalized spacial score (nSPS) is 10.2. The minimum atomic E-state index is 0.153. The van der Waals surface area contributed by atoms with Crippen LogP contribution in [-0.4, -0.2) is 17.1 Å². The van der Waals surface area contributed by atoms with Crippen molar-refractivity contribution in [1.82, 2.24) is 9.97 Å². The number of nitrogens with zero attached hydrogens (tertiary/aromatic N) is 2. The molecule has 0 saturated heterocycles. The van der Waals surface area contributed by atoms with Crippen LogP contribution in [0, 0.1) is 0 Å². The Balaban J connectivity index is 2.36. The zero-order chi connectivity index (χ0) is 13.1. The average molecular weight is 349 g/mol. The molecule has 1 aromatic carbocycles. The van der Waals surface area contributed by atoms with Gasteiger partial charge in [-0.15, -0.1) is 0 Å². The van der Waals surface area contributed by atoms with Crippen molar-refractivity contribution in [2.75, 3.05) is 12.4 Å². The molecule has 0 amide bonds. The minimum absolute atomic E-state index is 0.153. The van der Waals surface area contributed by atoms with Crippen LogP contribution in [0.2, 0.25) is 10.3 Å². The van der Waals surface area contributed by atoms with Crippen LogP contribution in [0.4, 0.5) is 11.5 Å². The molecular formula is C11H8BrCl2N3O. The van der Waals surface area contributed by atoms with Crippen LogP contribution in [0.25, 0.3) is 0 Å². The number of halogens is 3. The predicted molar refractivity (Wildman–Crippen MR) is 76.0 cm³/mol. The summed E-state index contributed by atoms with van der Waals surface area (Å²) in [5, 5.41) is 3.77. The van der Waals surface area contributed by atoms with E-state index in [1.54, 1.807) is 31.5 Å². The molecule has 0 unspecified atom stereocenters. The Morgan fingerprint density at radius 3 is 2.83 bits per heavy atom. The molecule has 0 bridgehead atoms. The molecule has 0 spiro atoms. The Labute approximate surface area is 122 Å². The lowest BCUT2D eigenvalue weighted by atomic mass is 10.3. The Hall–Kier alpha value is -1.04. The molecule has 7 heteroatoms. The molecule has 1 heterocycles. The van der Waals surface area contributed by atoms with Gasteiger partial charge in [0.05, 0.1) is 22.3 Å². The van der Waals surface area contributed by atoms with Gasteiger partial charge < -0.3 is 10.1 Å². The lowest BCUT2D eigenvalue weighted by Crippen LogP contribution is -1.97. The van der Waals surface area contributed by atoms with Crippen LogP contribution in [0.15, 0.2) is 28.9 Å². The van der Waals surface area contributed by atoms with E-state index in [2.05, 4.69) is 31.2 Å². The molecule has 0 aliphatic heterocycles. The van der Waals surface area contributed by atoms with Crippen LogP contribution in [0.1, 0.15) is 0 Å². The van der Waals surface area contributed by atoms with Crippen molar-refractivity contribution >= 4 is 50.6 Å². The van der Waals surface area contributed by atoms with Crippen molar-refractivity contribution < 1.29 is 4.74 Å². The highest BCUT2D eigenvalue weighted by atomic mass is 79.9. The van der Waals surface area contributed by atoms with Crippen LogP contribution in [0.3, 0.4) is 0 Å². The SMILES string of the molecule is COc1ccc(Cl)c(Nc2nc(Cl)ncc2Br)c1. The van der Waals surface area contributed by atoms with Crippen LogP contribution < -0.4 is 10.1 Å². The number of nitrogens with one attached hydrogen (secondary N) is 1. The molecule has 0 atom stereocenters. The van der Waals surface area contributed by atoms with Gasteiger partial charge in [0.15, 0.2) is 0 Å². The molecule has 2 rings (SSSR count). The first-order chi connectivity index (χ1) is 8.60. The third kappa shape index (κ3) is 3.04. The van der Waals surface area contributed by atoms with E-state index < -0.39 is 0 Å². The topological polar surface area (TPSA) is 47.0 Å². The molecule has 1 N–H and O–H groups in total. The number of hydrogen-bond donors (Lipinski definition) is 1. The van der Waals surface area contributed by atoms with E-state index in [1.165, 1.54) is 0 Å². The maximum absolute atomic E-state index is 6.09. The summed E-state index contributed by atoms with van der Waals surface area (Å²) in [4.78, 5) is 7.91. The highest BCUT2D eigenvalue weighted by molar-refractivity contribution is 9.10. The van der Waals surface area contributed by atoms with E-state index in [4.69, 9.17) is 27.9 Å². The van der Waals surface area contributed by atoms with Gasteiger partial charge in [0.25, 0.3) is 0 Å². The molecule has 4 nitrogen and oxygen atoms in total. The van der Waals surface area contributed by atoms with Crippen LogP contribution in [-0.2, 0) is 0 Å². The zero-order valence-electron chi connectivity index (χ0n) is 9.25. The molecule has 2 aromatic rings. The van der Waals surface area contributed by atoms with Crippen molar-refractivity contribution in [2.45, 2.75) is 0 Å². The molecule has 0 fully saturated rings. The molecule has 94 valence electrons. The molecule has 0 radical (unpaired) electrons. The maximum Gasteiger partial charge on any atom is 0.224 e. The number of aromatic nitrogens is 2. The van der Waals surface area contributed by atoms with Gasteiger partial charge in [0.1, 0.15) is 11.6 Å². The summed E-state index contributed by atoms with van der Waals surface area (Å²) in [6.45, 7) is 0. The smallest absolute Gasteiger partial charge is 0.224 e. The molecular weight excluding hydrogens is 341 g/mol. The molecule has 0 aliphatic rings. The third-order valence-corrected chi connectivity index (χ3v) is 3.23. The van der Waals surface area contributed by atoms with Gasteiger partial charge >= 0.3 is 0 Å². The Bertz CT molecular complexity index is 580. The van der Waals surface area contributed by atoms with E-state index >= 15 is 0 Å². The zero-order valence-corrected chi connectivity index (χ0v) is 12.3. The molecule has 18 heavy (non-hydrogen) atoms. The summed E-state index contributed by atoms with van der Waals surface area (Å²) in [6.07, 6.45) is 1.56. The number of anilines is 2. The summed E-state index contributed by atoms with van der Waals surface area (Å²) >= 11 is 15.2. The highest BCUT2D eigenvalue weighted by Gasteiger charge is 2.08. The van der Waals surface area contributed by atoms with Crippen molar-refractivity contribution in [1.29, 1.82) is 0 Å². The van der Waals surface area contributed by atoms with Crippen LogP contribution >= 0.6 is 39.1 Å². The second-order valence-corrected chi connectivity index (χ2v) is 4.91. The van der Waals surface area contributed by atoms with Crippen molar-refractivity contribution in [2.24, 2.45) is 0 Å². The van der Waals surface area contributed by atoms with E-state index in [9.17, 15) is 0 Å². The first kappa shape index (κ1) is 13.4. The quantitative estimate of drug-likeness (QED) is 0.840. The van der Waals surface area contributed by atoms with E-state index in [-0.39, 0.29) is 5.28 Å². The summed E-state index contributed by atoms with van der Waals surface area (Å²) < 4.78 is 5.82. The van der Waals surface area contributed by atoms with Gasteiger partial charge in [0.2, 0.25) is 5.28 Å². The van der Waals surface area contributed by atoms with E-state index in [0.717, 1.165) is 0 Å². The lowest BCUT2D eigenvalue weighted by molar-refractivity contribution is 0.415. The van der Waals surface area contributed by atoms with Crippen molar-refractivity contribution in [3.8, 4) is 5.75 Å². The largest absolute Gasteiger partial charge is 0.497 e. The molecule has 1 aromatic heterocycles. The number of methoxy groups -OCH3 is 1. The second-order valence-electron chi connectivity index (χ2n) is 3.31. The third-order valence-electron chi connectivity index (χ3n) is 2.14. The summed E-state index contributed by atoms with van der Waals surface area (Å²) in [7, 11) is 1.59. The van der Waals surface area contributed by atoms with Gasteiger partial charge in [-0.25, -0.2) is 4.98 Å². The van der Waals surface area contributed by atoms with Gasteiger partial charge in [-0.3, -0.25) is 0 Å². The minimum Gasteiger partial charge on any atom is -0.497 e. The van der Waals surface area contributed by atoms with Crippen molar-refractivity contribution in [3.63, 3.8) is 0 Å². The van der Waals surface area contributed by atoms with Gasteiger partial charge in [-0.1, -0.05) is 11.6 Å². The predicted octanol–water partition coefficient (Wildman–Crippen LogP) is 4.30. The first-order valence-corrected chi connectivity index (χ1v) is 6.43. The standard InChI is InChI=1S/C11H8BrCl2N3O/c1-18-6-2-3-8(13)9(4-6)16-10-7(12)5-15-11(14)17-10/h2-5H,1H3,(H,15,16,17). The molecule has 0 aliphatic carbocycles.